The maximum atomic E-state index is 3.72. The van der Waals surface area contributed by atoms with Crippen LogP contribution in [-0.4, -0.2) is 62.2 Å². The molecule has 3 nitrogen and oxygen atoms in total. The number of hydrogen-bond donors (Lipinski definition) is 1. The minimum atomic E-state index is 0.575. The maximum Gasteiger partial charge on any atom is 0.0345 e. The number of nitrogens with one attached hydrogen (secondary N) is 1. The molecule has 0 aliphatic carbocycles. The molecule has 0 saturated carbocycles. The van der Waals surface area contributed by atoms with E-state index in [1.807, 2.05) is 0 Å². The molecule has 0 aromatic heterocycles. The first-order valence-electron chi connectivity index (χ1n) is 8.22. The molecule has 1 aromatic rings. The molecule has 21 heavy (non-hydrogen) atoms. The normalized spacial score (nSPS) is 22.4. The van der Waals surface area contributed by atoms with Crippen molar-refractivity contribution in [1.82, 2.24) is 15.1 Å². The number of rotatable bonds is 6. The molecule has 1 aliphatic heterocycles. The first kappa shape index (κ1) is 16.5. The van der Waals surface area contributed by atoms with Gasteiger partial charge in [0.25, 0.3) is 0 Å². The van der Waals surface area contributed by atoms with Crippen LogP contribution in [-0.2, 0) is 6.42 Å². The molecule has 0 amide bonds. The fourth-order valence-electron chi connectivity index (χ4n) is 3.01. The fraction of sp³-hybridized carbons (Fsp3) is 0.667. The zero-order chi connectivity index (χ0) is 15.2. The Bertz CT molecular complexity index is 432. The Balaban J connectivity index is 1.70. The summed E-state index contributed by atoms with van der Waals surface area (Å²) in [5.74, 6) is 0. The van der Waals surface area contributed by atoms with Crippen molar-refractivity contribution >= 4 is 0 Å². The van der Waals surface area contributed by atoms with Gasteiger partial charge >= 0.3 is 0 Å². The van der Waals surface area contributed by atoms with Crippen molar-refractivity contribution in [3.8, 4) is 0 Å². The van der Waals surface area contributed by atoms with E-state index in [1.165, 1.54) is 37.2 Å². The highest BCUT2D eigenvalue weighted by Crippen LogP contribution is 2.09. The van der Waals surface area contributed by atoms with Crippen LogP contribution in [0.5, 0.6) is 0 Å². The number of piperazine rings is 1. The molecule has 0 bridgehead atoms. The lowest BCUT2D eigenvalue weighted by Crippen LogP contribution is -2.54. The number of nitrogens with zero attached hydrogens (tertiary/aromatic N) is 2. The van der Waals surface area contributed by atoms with Crippen LogP contribution >= 0.6 is 0 Å². The van der Waals surface area contributed by atoms with E-state index in [1.54, 1.807) is 0 Å². The van der Waals surface area contributed by atoms with E-state index in [2.05, 4.69) is 67.3 Å². The van der Waals surface area contributed by atoms with Crippen LogP contribution in [0.15, 0.2) is 24.3 Å². The third-order valence-electron chi connectivity index (χ3n) is 4.63. The van der Waals surface area contributed by atoms with Gasteiger partial charge in [-0.1, -0.05) is 29.8 Å². The van der Waals surface area contributed by atoms with Crippen LogP contribution in [0.4, 0.5) is 0 Å². The minimum absolute atomic E-state index is 0.575. The second-order valence-electron chi connectivity index (χ2n) is 6.73. The maximum absolute atomic E-state index is 3.72. The molecule has 1 heterocycles. The largest absolute Gasteiger partial charge is 0.313 e. The molecular weight excluding hydrogens is 258 g/mol. The second-order valence-corrected chi connectivity index (χ2v) is 6.73. The molecule has 2 unspecified atom stereocenters. The Hall–Kier alpha value is -0.900. The zero-order valence-electron chi connectivity index (χ0n) is 14.1. The van der Waals surface area contributed by atoms with E-state index in [-0.39, 0.29) is 0 Å². The number of likely N-dealkylation sites (N-methyl/N-ethyl adjacent to an activating group) is 2. The van der Waals surface area contributed by atoms with Crippen molar-refractivity contribution in [2.75, 3.05) is 40.3 Å². The van der Waals surface area contributed by atoms with Gasteiger partial charge in [-0.25, -0.2) is 0 Å². The topological polar surface area (TPSA) is 18.5 Å². The Morgan fingerprint density at radius 3 is 2.86 bits per heavy atom. The van der Waals surface area contributed by atoms with E-state index in [0.717, 1.165) is 13.0 Å². The first-order chi connectivity index (χ1) is 10.0. The smallest absolute Gasteiger partial charge is 0.0345 e. The first-order valence-corrected chi connectivity index (χ1v) is 8.22. The lowest BCUT2D eigenvalue weighted by molar-refractivity contribution is 0.111. The summed E-state index contributed by atoms with van der Waals surface area (Å²) < 4.78 is 0. The van der Waals surface area contributed by atoms with E-state index < -0.39 is 0 Å². The molecule has 1 aliphatic rings. The summed E-state index contributed by atoms with van der Waals surface area (Å²) in [7, 11) is 4.47. The predicted octanol–water partition coefficient (Wildman–Crippen LogP) is 2.15. The summed E-state index contributed by atoms with van der Waals surface area (Å²) in [5, 5.41) is 3.72. The van der Waals surface area contributed by atoms with Gasteiger partial charge in [0, 0.05) is 38.3 Å². The quantitative estimate of drug-likeness (QED) is 0.866. The molecule has 118 valence electrons. The van der Waals surface area contributed by atoms with Gasteiger partial charge in [0.15, 0.2) is 0 Å². The van der Waals surface area contributed by atoms with Crippen molar-refractivity contribution < 1.29 is 0 Å². The number of hydrogen-bond acceptors (Lipinski definition) is 3. The average Bonchev–Trinajstić information content (AvgIpc) is 2.46. The molecule has 1 aromatic carbocycles. The highest BCUT2D eigenvalue weighted by atomic mass is 15.3. The Labute approximate surface area is 130 Å². The standard InChI is InChI=1S/C18H31N3/c1-15-6-5-7-17(12-15)9-8-16(2)19-13-18-14-20(3)10-11-21(18)4/h5-7,12,16,18-19H,8-11,13-14H2,1-4H3. The lowest BCUT2D eigenvalue weighted by atomic mass is 10.0. The van der Waals surface area contributed by atoms with Gasteiger partial charge in [-0.05, 0) is 46.3 Å². The van der Waals surface area contributed by atoms with E-state index in [4.69, 9.17) is 0 Å². The molecule has 0 spiro atoms. The third kappa shape index (κ3) is 5.42. The predicted molar refractivity (Wildman–Crippen MR) is 90.9 cm³/mol. The zero-order valence-corrected chi connectivity index (χ0v) is 14.1. The molecule has 2 rings (SSSR count). The Kier molecular flexibility index (Phi) is 6.22. The van der Waals surface area contributed by atoms with Crippen molar-refractivity contribution in [2.45, 2.75) is 38.8 Å². The van der Waals surface area contributed by atoms with Crippen molar-refractivity contribution in [1.29, 1.82) is 0 Å². The van der Waals surface area contributed by atoms with E-state index in [0.29, 0.717) is 12.1 Å². The Morgan fingerprint density at radius 2 is 2.10 bits per heavy atom. The molecule has 1 fully saturated rings. The van der Waals surface area contributed by atoms with Gasteiger partial charge in [0.2, 0.25) is 0 Å². The fourth-order valence-corrected chi connectivity index (χ4v) is 3.01. The highest BCUT2D eigenvalue weighted by Gasteiger charge is 2.22. The SMILES string of the molecule is Cc1cccc(CCC(C)NCC2CN(C)CCN2C)c1. The molecule has 1 saturated heterocycles. The van der Waals surface area contributed by atoms with Crippen LogP contribution < -0.4 is 5.32 Å². The molecule has 1 N–H and O–H groups in total. The van der Waals surface area contributed by atoms with Crippen LogP contribution in [0.25, 0.3) is 0 Å². The van der Waals surface area contributed by atoms with Crippen LogP contribution in [0.2, 0.25) is 0 Å². The van der Waals surface area contributed by atoms with Gasteiger partial charge in [-0.15, -0.1) is 0 Å². The highest BCUT2D eigenvalue weighted by molar-refractivity contribution is 5.22. The summed E-state index contributed by atoms with van der Waals surface area (Å²) in [6, 6.07) is 10.1. The van der Waals surface area contributed by atoms with Gasteiger partial charge in [0.1, 0.15) is 0 Å². The Morgan fingerprint density at radius 1 is 1.29 bits per heavy atom. The van der Waals surface area contributed by atoms with Gasteiger partial charge in [-0.2, -0.15) is 0 Å². The van der Waals surface area contributed by atoms with Crippen LogP contribution in [0, 0.1) is 6.92 Å². The average molecular weight is 289 g/mol. The lowest BCUT2D eigenvalue weighted by Gasteiger charge is -2.38. The molecule has 0 radical (unpaired) electrons. The minimum Gasteiger partial charge on any atom is -0.313 e. The second kappa shape index (κ2) is 7.92. The van der Waals surface area contributed by atoms with Crippen molar-refractivity contribution in [2.24, 2.45) is 0 Å². The third-order valence-corrected chi connectivity index (χ3v) is 4.63. The summed E-state index contributed by atoms with van der Waals surface area (Å²) in [6.07, 6.45) is 2.37. The van der Waals surface area contributed by atoms with E-state index in [9.17, 15) is 0 Å². The molecule has 3 heteroatoms. The van der Waals surface area contributed by atoms with Crippen LogP contribution in [0.3, 0.4) is 0 Å². The van der Waals surface area contributed by atoms with Gasteiger partial charge in [-0.3, -0.25) is 4.90 Å². The van der Waals surface area contributed by atoms with Crippen LogP contribution in [0.1, 0.15) is 24.5 Å². The summed E-state index contributed by atoms with van der Waals surface area (Å²) in [4.78, 5) is 4.92. The van der Waals surface area contributed by atoms with Crippen molar-refractivity contribution in [3.63, 3.8) is 0 Å². The summed E-state index contributed by atoms with van der Waals surface area (Å²) in [6.45, 7) is 9.11. The summed E-state index contributed by atoms with van der Waals surface area (Å²) >= 11 is 0. The van der Waals surface area contributed by atoms with Gasteiger partial charge < -0.3 is 10.2 Å². The van der Waals surface area contributed by atoms with Crippen molar-refractivity contribution in [3.05, 3.63) is 35.4 Å². The number of benzene rings is 1. The van der Waals surface area contributed by atoms with E-state index >= 15 is 0 Å². The molecular formula is C18H31N3. The van der Waals surface area contributed by atoms with Gasteiger partial charge in [0.05, 0.1) is 0 Å². The monoisotopic (exact) mass is 289 g/mol. The number of aryl methyl sites for hydroxylation is 2. The molecule has 2 atom stereocenters. The summed E-state index contributed by atoms with van der Waals surface area (Å²) in [5.41, 5.74) is 2.82.